The monoisotopic (exact) mass is 494 g/mol. The maximum absolute atomic E-state index is 5.96. The Balaban J connectivity index is 0.00000225. The van der Waals surface area contributed by atoms with E-state index in [4.69, 9.17) is 4.42 Å². The van der Waals surface area contributed by atoms with Crippen LogP contribution in [0.2, 0.25) is 0 Å². The molecule has 2 N–H and O–H groups in total. The lowest BCUT2D eigenvalue weighted by molar-refractivity contribution is 0.533. The molecular formula is C20H27IN6O. The summed E-state index contributed by atoms with van der Waals surface area (Å²) in [7, 11) is 1.77. The van der Waals surface area contributed by atoms with E-state index in [1.54, 1.807) is 7.05 Å². The van der Waals surface area contributed by atoms with Gasteiger partial charge in [-0.25, -0.2) is 0 Å². The molecule has 0 aliphatic carbocycles. The first-order chi connectivity index (χ1) is 13.3. The summed E-state index contributed by atoms with van der Waals surface area (Å²) < 4.78 is 8.21. The molecular weight excluding hydrogens is 467 g/mol. The van der Waals surface area contributed by atoms with Crippen LogP contribution < -0.4 is 10.6 Å². The van der Waals surface area contributed by atoms with Crippen LogP contribution in [0, 0.1) is 6.92 Å². The van der Waals surface area contributed by atoms with Crippen LogP contribution in [0.3, 0.4) is 0 Å². The third-order valence-electron chi connectivity index (χ3n) is 5.18. The van der Waals surface area contributed by atoms with Crippen LogP contribution in [0.15, 0.2) is 33.7 Å². The predicted molar refractivity (Wildman–Crippen MR) is 121 cm³/mol. The Morgan fingerprint density at radius 2 is 1.96 bits per heavy atom. The van der Waals surface area contributed by atoms with Gasteiger partial charge in [0.05, 0.1) is 13.1 Å². The average Bonchev–Trinajstić information content (AvgIpc) is 3.13. The molecule has 0 amide bonds. The summed E-state index contributed by atoms with van der Waals surface area (Å²) in [4.78, 5) is 4.31. The second-order valence-electron chi connectivity index (χ2n) is 6.92. The first kappa shape index (κ1) is 20.6. The molecule has 2 aromatic heterocycles. The fraction of sp³-hybridized carbons (Fsp3) is 0.450. The van der Waals surface area contributed by atoms with E-state index in [0.717, 1.165) is 52.9 Å². The van der Waals surface area contributed by atoms with E-state index in [9.17, 15) is 0 Å². The van der Waals surface area contributed by atoms with Crippen LogP contribution in [0.5, 0.6) is 0 Å². The number of benzene rings is 1. The van der Waals surface area contributed by atoms with Gasteiger partial charge >= 0.3 is 0 Å². The number of hydrogen-bond donors (Lipinski definition) is 2. The molecule has 3 aromatic rings. The third-order valence-corrected chi connectivity index (χ3v) is 5.18. The normalized spacial score (nSPS) is 14.3. The van der Waals surface area contributed by atoms with Crippen molar-refractivity contribution in [2.45, 2.75) is 52.2 Å². The standard InChI is InChI=1S/C20H26N6O.HI/c1-14-15-8-5-6-9-16(15)27-17(14)12-22-20(21-2)23-13-19-25-24-18-10-4-3-7-11-26(18)19;/h5-6,8-9H,3-4,7,10-13H2,1-2H3,(H2,21,22,23);1H. The molecule has 1 aliphatic heterocycles. The summed E-state index contributed by atoms with van der Waals surface area (Å²) in [5.41, 5.74) is 2.08. The highest BCUT2D eigenvalue weighted by Gasteiger charge is 2.15. The van der Waals surface area contributed by atoms with Crippen LogP contribution in [0.1, 0.15) is 42.2 Å². The zero-order valence-electron chi connectivity index (χ0n) is 16.4. The highest BCUT2D eigenvalue weighted by Crippen LogP contribution is 2.24. The molecule has 0 spiro atoms. The summed E-state index contributed by atoms with van der Waals surface area (Å²) in [6.45, 7) is 4.28. The van der Waals surface area contributed by atoms with E-state index in [-0.39, 0.29) is 24.0 Å². The zero-order chi connectivity index (χ0) is 18.6. The number of nitrogens with zero attached hydrogens (tertiary/aromatic N) is 4. The van der Waals surface area contributed by atoms with Gasteiger partial charge < -0.3 is 19.6 Å². The van der Waals surface area contributed by atoms with E-state index >= 15 is 0 Å². The molecule has 0 saturated heterocycles. The first-order valence-electron chi connectivity index (χ1n) is 9.58. The van der Waals surface area contributed by atoms with Crippen molar-refractivity contribution in [3.8, 4) is 0 Å². The maximum Gasteiger partial charge on any atom is 0.191 e. The van der Waals surface area contributed by atoms with Gasteiger partial charge in [0.2, 0.25) is 0 Å². The third kappa shape index (κ3) is 4.31. The van der Waals surface area contributed by atoms with E-state index < -0.39 is 0 Å². The fourth-order valence-electron chi connectivity index (χ4n) is 3.62. The van der Waals surface area contributed by atoms with E-state index in [0.29, 0.717) is 13.1 Å². The number of halogens is 1. The average molecular weight is 494 g/mol. The van der Waals surface area contributed by atoms with Crippen molar-refractivity contribution < 1.29 is 4.42 Å². The summed E-state index contributed by atoms with van der Waals surface area (Å²) in [6.07, 6.45) is 4.67. The van der Waals surface area contributed by atoms with Crippen LogP contribution in [-0.4, -0.2) is 27.8 Å². The van der Waals surface area contributed by atoms with Crippen molar-refractivity contribution in [3.05, 3.63) is 47.2 Å². The Hall–Kier alpha value is -2.10. The number of nitrogens with one attached hydrogen (secondary N) is 2. The van der Waals surface area contributed by atoms with E-state index in [1.807, 2.05) is 18.2 Å². The highest BCUT2D eigenvalue weighted by molar-refractivity contribution is 14.0. The van der Waals surface area contributed by atoms with E-state index in [1.165, 1.54) is 19.3 Å². The number of fused-ring (bicyclic) bond motifs is 2. The molecule has 8 heteroatoms. The number of guanidine groups is 1. The van der Waals surface area contributed by atoms with Crippen molar-refractivity contribution in [3.63, 3.8) is 0 Å². The zero-order valence-corrected chi connectivity index (χ0v) is 18.7. The van der Waals surface area contributed by atoms with Crippen molar-refractivity contribution >= 4 is 40.9 Å². The number of aryl methyl sites for hydroxylation is 2. The molecule has 0 saturated carbocycles. The van der Waals surface area contributed by atoms with Crippen molar-refractivity contribution in [2.75, 3.05) is 7.05 Å². The number of aliphatic imine (C=N–C) groups is 1. The molecule has 7 nitrogen and oxygen atoms in total. The molecule has 0 fully saturated rings. The number of aromatic nitrogens is 3. The van der Waals surface area contributed by atoms with Gasteiger partial charge in [0, 0.05) is 31.0 Å². The molecule has 150 valence electrons. The Morgan fingerprint density at radius 1 is 1.14 bits per heavy atom. The minimum Gasteiger partial charge on any atom is -0.459 e. The number of furan rings is 1. The Kier molecular flexibility index (Phi) is 6.93. The van der Waals surface area contributed by atoms with Crippen LogP contribution in [0.4, 0.5) is 0 Å². The van der Waals surface area contributed by atoms with Gasteiger partial charge in [-0.1, -0.05) is 24.6 Å². The fourth-order valence-corrected chi connectivity index (χ4v) is 3.62. The molecule has 0 radical (unpaired) electrons. The van der Waals surface area contributed by atoms with Crippen molar-refractivity contribution in [1.82, 2.24) is 25.4 Å². The molecule has 0 unspecified atom stereocenters. The van der Waals surface area contributed by atoms with Gasteiger partial charge in [-0.3, -0.25) is 4.99 Å². The van der Waals surface area contributed by atoms with Crippen molar-refractivity contribution in [1.29, 1.82) is 0 Å². The predicted octanol–water partition coefficient (Wildman–Crippen LogP) is 3.54. The molecule has 1 aromatic carbocycles. The van der Waals surface area contributed by atoms with Crippen LogP contribution >= 0.6 is 24.0 Å². The van der Waals surface area contributed by atoms with Gasteiger partial charge in [-0.15, -0.1) is 34.2 Å². The van der Waals surface area contributed by atoms with Gasteiger partial charge in [0.1, 0.15) is 17.2 Å². The number of rotatable bonds is 4. The van der Waals surface area contributed by atoms with Crippen LogP contribution in [-0.2, 0) is 26.1 Å². The first-order valence-corrected chi connectivity index (χ1v) is 9.58. The Labute approximate surface area is 182 Å². The SMILES string of the molecule is CN=C(NCc1oc2ccccc2c1C)NCc1nnc2n1CCCCC2.I. The van der Waals surface area contributed by atoms with Gasteiger partial charge in [0.15, 0.2) is 11.8 Å². The molecule has 0 bridgehead atoms. The summed E-state index contributed by atoms with van der Waals surface area (Å²) >= 11 is 0. The topological polar surface area (TPSA) is 80.3 Å². The number of para-hydroxylation sites is 1. The summed E-state index contributed by atoms with van der Waals surface area (Å²) in [5, 5.41) is 16.5. The summed E-state index contributed by atoms with van der Waals surface area (Å²) in [5.74, 6) is 3.72. The minimum atomic E-state index is 0. The quantitative estimate of drug-likeness (QED) is 0.330. The highest BCUT2D eigenvalue weighted by atomic mass is 127. The Morgan fingerprint density at radius 3 is 2.79 bits per heavy atom. The largest absolute Gasteiger partial charge is 0.459 e. The van der Waals surface area contributed by atoms with Gasteiger partial charge in [-0.05, 0) is 25.8 Å². The number of hydrogen-bond acceptors (Lipinski definition) is 4. The van der Waals surface area contributed by atoms with Gasteiger partial charge in [0.25, 0.3) is 0 Å². The lowest BCUT2D eigenvalue weighted by Crippen LogP contribution is -2.37. The van der Waals surface area contributed by atoms with E-state index in [2.05, 4.69) is 43.4 Å². The second kappa shape index (κ2) is 9.40. The lowest BCUT2D eigenvalue weighted by atomic mass is 10.1. The summed E-state index contributed by atoms with van der Waals surface area (Å²) in [6, 6.07) is 8.10. The van der Waals surface area contributed by atoms with Crippen molar-refractivity contribution in [2.24, 2.45) is 4.99 Å². The lowest BCUT2D eigenvalue weighted by Gasteiger charge is -2.12. The smallest absolute Gasteiger partial charge is 0.191 e. The second-order valence-corrected chi connectivity index (χ2v) is 6.92. The molecule has 4 rings (SSSR count). The Bertz CT molecular complexity index is 961. The molecule has 3 heterocycles. The molecule has 28 heavy (non-hydrogen) atoms. The van der Waals surface area contributed by atoms with Gasteiger partial charge in [-0.2, -0.15) is 0 Å². The van der Waals surface area contributed by atoms with Crippen LogP contribution in [0.25, 0.3) is 11.0 Å². The maximum atomic E-state index is 5.96. The molecule has 0 atom stereocenters. The minimum absolute atomic E-state index is 0. The molecule has 1 aliphatic rings.